The van der Waals surface area contributed by atoms with E-state index in [1.54, 1.807) is 12.1 Å². The Hall–Kier alpha value is -1.82. The minimum atomic E-state index is -0.100. The zero-order chi connectivity index (χ0) is 18.5. The van der Waals surface area contributed by atoms with Crippen LogP contribution in [-0.4, -0.2) is 38.6 Å². The summed E-state index contributed by atoms with van der Waals surface area (Å²) in [5.74, 6) is 1.18. The van der Waals surface area contributed by atoms with Crippen molar-refractivity contribution in [3.63, 3.8) is 0 Å². The minimum Gasteiger partial charge on any atom is -0.345 e. The molecule has 1 aliphatic heterocycles. The molecule has 0 spiro atoms. The average molecular weight is 395 g/mol. The quantitative estimate of drug-likeness (QED) is 0.804. The van der Waals surface area contributed by atoms with Gasteiger partial charge in [0.25, 0.3) is 11.7 Å². The summed E-state index contributed by atoms with van der Waals surface area (Å²) in [6.07, 6.45) is 1.94. The average Bonchev–Trinajstić information content (AvgIpc) is 2.65. The van der Waals surface area contributed by atoms with Crippen molar-refractivity contribution in [3.05, 3.63) is 58.2 Å². The van der Waals surface area contributed by atoms with Gasteiger partial charge < -0.3 is 10.2 Å². The van der Waals surface area contributed by atoms with Crippen molar-refractivity contribution in [1.29, 1.82) is 0 Å². The summed E-state index contributed by atoms with van der Waals surface area (Å²) in [6, 6.07) is 11.4. The van der Waals surface area contributed by atoms with E-state index in [-0.39, 0.29) is 11.9 Å². The van der Waals surface area contributed by atoms with Gasteiger partial charge in [-0.3, -0.25) is 9.69 Å². The lowest BCUT2D eigenvalue weighted by molar-refractivity contribution is -0.892. The molecular formula is C19H24Cl2N4O+2. The first kappa shape index (κ1) is 19.0. The summed E-state index contributed by atoms with van der Waals surface area (Å²) >= 11 is 12.0. The van der Waals surface area contributed by atoms with Gasteiger partial charge >= 0.3 is 0 Å². The molecule has 0 bridgehead atoms. The number of hydrogen-bond acceptors (Lipinski definition) is 2. The van der Waals surface area contributed by atoms with Gasteiger partial charge in [0.15, 0.2) is 6.54 Å². The van der Waals surface area contributed by atoms with Crippen molar-refractivity contribution in [2.24, 2.45) is 0 Å². The van der Waals surface area contributed by atoms with Crippen LogP contribution in [0.15, 0.2) is 42.6 Å². The van der Waals surface area contributed by atoms with Crippen LogP contribution in [0, 0.1) is 0 Å². The van der Waals surface area contributed by atoms with E-state index in [0.717, 1.165) is 37.6 Å². The number of benzene rings is 1. The van der Waals surface area contributed by atoms with Crippen LogP contribution in [0.3, 0.4) is 0 Å². The lowest BCUT2D eigenvalue weighted by atomic mass is 10.1. The van der Waals surface area contributed by atoms with Crippen molar-refractivity contribution in [2.75, 3.05) is 37.6 Å². The molecule has 0 aliphatic carbocycles. The lowest BCUT2D eigenvalue weighted by Gasteiger charge is -2.28. The van der Waals surface area contributed by atoms with Crippen LogP contribution in [0.4, 0.5) is 5.82 Å². The Morgan fingerprint density at radius 2 is 2.00 bits per heavy atom. The lowest BCUT2D eigenvalue weighted by Crippen LogP contribution is -3.16. The first-order valence-corrected chi connectivity index (χ1v) is 9.58. The molecular weight excluding hydrogens is 371 g/mol. The van der Waals surface area contributed by atoms with E-state index in [0.29, 0.717) is 16.6 Å². The molecule has 5 nitrogen and oxygen atoms in total. The minimum absolute atomic E-state index is 0.0540. The molecule has 1 aromatic heterocycles. The van der Waals surface area contributed by atoms with Gasteiger partial charge in [-0.25, -0.2) is 4.98 Å². The number of aromatic amines is 1. The highest BCUT2D eigenvalue weighted by Gasteiger charge is 2.27. The number of pyridine rings is 1. The zero-order valence-corrected chi connectivity index (χ0v) is 16.3. The molecule has 2 aromatic rings. The molecule has 1 atom stereocenters. The number of piperazine rings is 1. The Morgan fingerprint density at radius 1 is 1.23 bits per heavy atom. The summed E-state index contributed by atoms with van der Waals surface area (Å²) in [6.45, 7) is 6.19. The van der Waals surface area contributed by atoms with Crippen molar-refractivity contribution < 1.29 is 14.7 Å². The number of nitrogens with zero attached hydrogens (tertiary/aromatic N) is 1. The van der Waals surface area contributed by atoms with Crippen molar-refractivity contribution >= 4 is 34.9 Å². The maximum atomic E-state index is 12.4. The van der Waals surface area contributed by atoms with Crippen LogP contribution in [0.25, 0.3) is 0 Å². The van der Waals surface area contributed by atoms with Crippen LogP contribution in [0.1, 0.15) is 18.5 Å². The van der Waals surface area contributed by atoms with Gasteiger partial charge in [-0.1, -0.05) is 35.3 Å². The molecule has 1 saturated heterocycles. The molecule has 0 radical (unpaired) electrons. The molecule has 1 aromatic carbocycles. The topological polar surface area (TPSA) is 50.9 Å². The molecule has 0 unspecified atom stereocenters. The molecule has 2 heterocycles. The third kappa shape index (κ3) is 4.87. The SMILES string of the molecule is C[C@H](NC(=O)C[NH+]1CCN(c2cccc[nH+]2)CC1)c1ccc(Cl)c(Cl)c1. The molecule has 1 aliphatic rings. The van der Waals surface area contributed by atoms with Crippen LogP contribution >= 0.6 is 23.2 Å². The number of quaternary nitrogens is 1. The fourth-order valence-corrected chi connectivity index (χ4v) is 3.51. The van der Waals surface area contributed by atoms with Crippen LogP contribution in [-0.2, 0) is 4.79 Å². The van der Waals surface area contributed by atoms with E-state index in [9.17, 15) is 4.79 Å². The predicted molar refractivity (Wildman–Crippen MR) is 104 cm³/mol. The van der Waals surface area contributed by atoms with Gasteiger partial charge in [0.2, 0.25) is 0 Å². The highest BCUT2D eigenvalue weighted by Crippen LogP contribution is 2.25. The molecule has 1 amide bonds. The number of aromatic nitrogens is 1. The second-order valence-corrected chi connectivity index (χ2v) is 7.44. The summed E-state index contributed by atoms with van der Waals surface area (Å²) in [5.41, 5.74) is 0.951. The monoisotopic (exact) mass is 394 g/mol. The zero-order valence-electron chi connectivity index (χ0n) is 14.8. The van der Waals surface area contributed by atoms with Crippen molar-refractivity contribution in [2.45, 2.75) is 13.0 Å². The third-order valence-corrected chi connectivity index (χ3v) is 5.47. The molecule has 0 saturated carbocycles. The van der Waals surface area contributed by atoms with Gasteiger partial charge in [-0.2, -0.15) is 0 Å². The molecule has 26 heavy (non-hydrogen) atoms. The highest BCUT2D eigenvalue weighted by atomic mass is 35.5. The van der Waals surface area contributed by atoms with E-state index in [1.165, 1.54) is 4.90 Å². The maximum absolute atomic E-state index is 12.4. The molecule has 7 heteroatoms. The van der Waals surface area contributed by atoms with Gasteiger partial charge in [0, 0.05) is 6.07 Å². The number of carbonyl (C=O) groups is 1. The van der Waals surface area contributed by atoms with Gasteiger partial charge in [0.1, 0.15) is 26.2 Å². The second kappa shape index (κ2) is 8.71. The van der Waals surface area contributed by atoms with Crippen LogP contribution in [0.5, 0.6) is 0 Å². The summed E-state index contributed by atoms with van der Waals surface area (Å²) in [4.78, 5) is 19.3. The number of halogens is 2. The van der Waals surface area contributed by atoms with E-state index in [1.807, 2.05) is 31.3 Å². The summed E-state index contributed by atoms with van der Waals surface area (Å²) < 4.78 is 0. The fourth-order valence-electron chi connectivity index (χ4n) is 3.21. The van der Waals surface area contributed by atoms with E-state index in [4.69, 9.17) is 23.2 Å². The molecule has 138 valence electrons. The maximum Gasteiger partial charge on any atom is 0.275 e. The summed E-state index contributed by atoms with van der Waals surface area (Å²) in [7, 11) is 0. The predicted octanol–water partition coefficient (Wildman–Crippen LogP) is 1.39. The fraction of sp³-hybridized carbons (Fsp3) is 0.368. The second-order valence-electron chi connectivity index (χ2n) is 6.62. The number of carbonyl (C=O) groups excluding carboxylic acids is 1. The van der Waals surface area contributed by atoms with Crippen molar-refractivity contribution in [1.82, 2.24) is 5.32 Å². The van der Waals surface area contributed by atoms with E-state index in [2.05, 4.69) is 21.3 Å². The first-order chi connectivity index (χ1) is 12.5. The van der Waals surface area contributed by atoms with Gasteiger partial charge in [0.05, 0.1) is 22.3 Å². The van der Waals surface area contributed by atoms with Gasteiger partial charge in [-0.15, -0.1) is 0 Å². The number of hydrogen-bond donors (Lipinski definition) is 2. The Bertz CT molecular complexity index is 748. The molecule has 3 rings (SSSR count). The van der Waals surface area contributed by atoms with E-state index >= 15 is 0 Å². The number of rotatable bonds is 5. The van der Waals surface area contributed by atoms with Crippen molar-refractivity contribution in [3.8, 4) is 0 Å². The van der Waals surface area contributed by atoms with Crippen LogP contribution < -0.4 is 20.1 Å². The Balaban J connectivity index is 1.47. The summed E-state index contributed by atoms with van der Waals surface area (Å²) in [5, 5.41) is 4.08. The number of anilines is 1. The third-order valence-electron chi connectivity index (χ3n) is 4.74. The van der Waals surface area contributed by atoms with E-state index < -0.39 is 0 Å². The Morgan fingerprint density at radius 3 is 2.65 bits per heavy atom. The normalized spacial score (nSPS) is 16.3. The Labute approximate surface area is 163 Å². The first-order valence-electron chi connectivity index (χ1n) is 8.82. The standard InChI is InChI=1S/C19H22Cl2N4O/c1-14(15-5-6-16(20)17(21)12-15)23-19(26)13-24-8-10-25(11-9-24)18-4-2-3-7-22-18/h2-7,12,14H,8-11,13H2,1H3,(H,23,26)/p+2/t14-/m0/s1. The van der Waals surface area contributed by atoms with Gasteiger partial charge in [-0.05, 0) is 30.7 Å². The Kier molecular flexibility index (Phi) is 6.35. The molecule has 3 N–H and O–H groups in total. The number of amides is 1. The number of H-pyrrole nitrogens is 1. The largest absolute Gasteiger partial charge is 0.345 e. The highest BCUT2D eigenvalue weighted by molar-refractivity contribution is 6.42. The van der Waals surface area contributed by atoms with Crippen LogP contribution in [0.2, 0.25) is 10.0 Å². The number of nitrogens with one attached hydrogen (secondary N) is 3. The smallest absolute Gasteiger partial charge is 0.275 e. The molecule has 1 fully saturated rings.